The van der Waals surface area contributed by atoms with Gasteiger partial charge in [0.15, 0.2) is 0 Å². The number of aliphatic hydroxyl groups is 1. The third-order valence-corrected chi connectivity index (χ3v) is 3.94. The fourth-order valence-electron chi connectivity index (χ4n) is 2.88. The summed E-state index contributed by atoms with van der Waals surface area (Å²) in [6, 6.07) is 0.0529. The van der Waals surface area contributed by atoms with Crippen LogP contribution < -0.4 is 5.32 Å². The summed E-state index contributed by atoms with van der Waals surface area (Å²) >= 11 is 0. The van der Waals surface area contributed by atoms with Crippen molar-refractivity contribution >= 4 is 5.91 Å². The number of amides is 1. The van der Waals surface area contributed by atoms with Crippen molar-refractivity contribution < 1.29 is 9.90 Å². The molecule has 0 spiro atoms. The summed E-state index contributed by atoms with van der Waals surface area (Å²) in [4.78, 5) is 16.7. The summed E-state index contributed by atoms with van der Waals surface area (Å²) in [6.45, 7) is 7.54. The van der Waals surface area contributed by atoms with E-state index in [9.17, 15) is 4.79 Å². The quantitative estimate of drug-likeness (QED) is 0.712. The van der Waals surface area contributed by atoms with E-state index in [-0.39, 0.29) is 18.6 Å². The number of nitrogens with zero attached hydrogens (tertiary/aromatic N) is 2. The second kappa shape index (κ2) is 6.50. The first-order valence-corrected chi connectivity index (χ1v) is 7.06. The van der Waals surface area contributed by atoms with Gasteiger partial charge in [-0.2, -0.15) is 0 Å². The van der Waals surface area contributed by atoms with Crippen LogP contribution in [0.25, 0.3) is 0 Å². The Morgan fingerprint density at radius 3 is 2.78 bits per heavy atom. The maximum absolute atomic E-state index is 12.5. The number of likely N-dealkylation sites (tertiary alicyclic amines) is 1. The van der Waals surface area contributed by atoms with Gasteiger partial charge in [-0.3, -0.25) is 9.69 Å². The van der Waals surface area contributed by atoms with Crippen LogP contribution in [0.5, 0.6) is 0 Å². The van der Waals surface area contributed by atoms with Crippen molar-refractivity contribution in [3.05, 3.63) is 0 Å². The Hall–Kier alpha value is -0.650. The summed E-state index contributed by atoms with van der Waals surface area (Å²) in [5.74, 6) is 0.542. The molecule has 0 radical (unpaired) electrons. The summed E-state index contributed by atoms with van der Waals surface area (Å²) in [6.07, 6.45) is 2.07. The average molecular weight is 255 g/mol. The van der Waals surface area contributed by atoms with E-state index >= 15 is 0 Å². The molecule has 2 heterocycles. The van der Waals surface area contributed by atoms with Gasteiger partial charge in [-0.1, -0.05) is 6.92 Å². The lowest BCUT2D eigenvalue weighted by Crippen LogP contribution is -2.53. The van der Waals surface area contributed by atoms with Crippen LogP contribution in [-0.2, 0) is 4.79 Å². The molecule has 2 fully saturated rings. The van der Waals surface area contributed by atoms with Crippen LogP contribution >= 0.6 is 0 Å². The molecule has 5 heteroatoms. The third kappa shape index (κ3) is 3.22. The lowest BCUT2D eigenvalue weighted by atomic mass is 10.1. The van der Waals surface area contributed by atoms with Crippen LogP contribution in [0.3, 0.4) is 0 Å². The maximum Gasteiger partial charge on any atom is 0.240 e. The zero-order valence-corrected chi connectivity index (χ0v) is 11.3. The normalized spacial score (nSPS) is 27.4. The molecule has 0 bridgehead atoms. The lowest BCUT2D eigenvalue weighted by molar-refractivity contribution is -0.136. The minimum atomic E-state index is 0.0529. The van der Waals surface area contributed by atoms with Crippen molar-refractivity contribution in [1.29, 1.82) is 0 Å². The fraction of sp³-hybridized carbons (Fsp3) is 0.923. The Morgan fingerprint density at radius 1 is 1.39 bits per heavy atom. The number of hydrogen-bond donors (Lipinski definition) is 2. The average Bonchev–Trinajstić information content (AvgIpc) is 2.86. The summed E-state index contributed by atoms with van der Waals surface area (Å²) < 4.78 is 0. The highest BCUT2D eigenvalue weighted by atomic mass is 16.3. The van der Waals surface area contributed by atoms with E-state index in [1.807, 2.05) is 11.8 Å². The van der Waals surface area contributed by atoms with Gasteiger partial charge in [0.05, 0.1) is 6.04 Å². The first kappa shape index (κ1) is 13.8. The van der Waals surface area contributed by atoms with E-state index in [1.165, 1.54) is 0 Å². The Kier molecular flexibility index (Phi) is 4.97. The monoisotopic (exact) mass is 255 g/mol. The van der Waals surface area contributed by atoms with Gasteiger partial charge in [-0.25, -0.2) is 0 Å². The minimum Gasteiger partial charge on any atom is -0.396 e. The van der Waals surface area contributed by atoms with Crippen molar-refractivity contribution in [1.82, 2.24) is 15.1 Å². The summed E-state index contributed by atoms with van der Waals surface area (Å²) in [7, 11) is 0. The molecule has 0 aliphatic carbocycles. The number of piperazine rings is 1. The number of carbonyl (C=O) groups is 1. The van der Waals surface area contributed by atoms with E-state index in [0.29, 0.717) is 5.91 Å². The van der Waals surface area contributed by atoms with Crippen LogP contribution in [0.1, 0.15) is 19.8 Å². The molecule has 2 saturated heterocycles. The highest BCUT2D eigenvalue weighted by molar-refractivity contribution is 5.82. The second-order valence-corrected chi connectivity index (χ2v) is 5.52. The van der Waals surface area contributed by atoms with Crippen LogP contribution in [0.4, 0.5) is 0 Å². The van der Waals surface area contributed by atoms with E-state index in [1.54, 1.807) is 0 Å². The van der Waals surface area contributed by atoms with Gasteiger partial charge in [-0.15, -0.1) is 0 Å². The zero-order chi connectivity index (χ0) is 13.0. The van der Waals surface area contributed by atoms with Crippen LogP contribution in [0, 0.1) is 5.92 Å². The van der Waals surface area contributed by atoms with Crippen molar-refractivity contribution in [3.8, 4) is 0 Å². The number of hydrogen-bond acceptors (Lipinski definition) is 4. The third-order valence-electron chi connectivity index (χ3n) is 3.94. The molecule has 5 nitrogen and oxygen atoms in total. The van der Waals surface area contributed by atoms with Gasteiger partial charge in [0, 0.05) is 39.3 Å². The highest BCUT2D eigenvalue weighted by Gasteiger charge is 2.34. The summed E-state index contributed by atoms with van der Waals surface area (Å²) in [5, 5.41) is 12.4. The highest BCUT2D eigenvalue weighted by Crippen LogP contribution is 2.20. The van der Waals surface area contributed by atoms with Gasteiger partial charge in [-0.05, 0) is 25.3 Å². The SMILES string of the molecule is CC(CO)CN1CCCC1C(=O)N1CCNCC1. The topological polar surface area (TPSA) is 55.8 Å². The molecule has 1 amide bonds. The number of nitrogens with one attached hydrogen (secondary N) is 1. The van der Waals surface area contributed by atoms with Crippen molar-refractivity contribution in [2.24, 2.45) is 5.92 Å². The number of aliphatic hydroxyl groups excluding tert-OH is 1. The molecular weight excluding hydrogens is 230 g/mol. The molecule has 2 unspecified atom stereocenters. The van der Waals surface area contributed by atoms with Crippen LogP contribution in [-0.4, -0.2) is 72.7 Å². The van der Waals surface area contributed by atoms with Crippen LogP contribution in [0.15, 0.2) is 0 Å². The lowest BCUT2D eigenvalue weighted by Gasteiger charge is -2.33. The van der Waals surface area contributed by atoms with Crippen molar-refractivity contribution in [2.75, 3.05) is 45.9 Å². The van der Waals surface area contributed by atoms with Gasteiger partial charge in [0.2, 0.25) is 5.91 Å². The molecule has 0 saturated carbocycles. The molecular formula is C13H25N3O2. The van der Waals surface area contributed by atoms with E-state index in [2.05, 4.69) is 10.2 Å². The molecule has 2 atom stereocenters. The maximum atomic E-state index is 12.5. The smallest absolute Gasteiger partial charge is 0.240 e. The predicted molar refractivity (Wildman–Crippen MR) is 70.3 cm³/mol. The molecule has 2 N–H and O–H groups in total. The first-order valence-electron chi connectivity index (χ1n) is 7.06. The largest absolute Gasteiger partial charge is 0.396 e. The van der Waals surface area contributed by atoms with Crippen molar-refractivity contribution in [3.63, 3.8) is 0 Å². The van der Waals surface area contributed by atoms with Gasteiger partial charge in [0.1, 0.15) is 0 Å². The van der Waals surface area contributed by atoms with Gasteiger partial charge >= 0.3 is 0 Å². The van der Waals surface area contributed by atoms with Gasteiger partial charge < -0.3 is 15.3 Å². The Bertz CT molecular complexity index is 279. The predicted octanol–water partition coefficient (Wildman–Crippen LogP) is -0.489. The molecule has 104 valence electrons. The van der Waals surface area contributed by atoms with E-state index in [4.69, 9.17) is 5.11 Å². The standard InChI is InChI=1S/C13H25N3O2/c1-11(10-17)9-16-6-2-3-12(16)13(18)15-7-4-14-5-8-15/h11-12,14,17H,2-10H2,1H3. The Balaban J connectivity index is 1.91. The Morgan fingerprint density at radius 2 is 2.11 bits per heavy atom. The molecule has 0 aromatic heterocycles. The molecule has 2 aliphatic rings. The minimum absolute atomic E-state index is 0.0529. The first-order chi connectivity index (χ1) is 8.72. The Labute approximate surface area is 109 Å². The fourth-order valence-corrected chi connectivity index (χ4v) is 2.88. The van der Waals surface area contributed by atoms with Crippen LogP contribution in [0.2, 0.25) is 0 Å². The number of rotatable bonds is 4. The molecule has 0 aromatic rings. The molecule has 2 aliphatic heterocycles. The number of carbonyl (C=O) groups excluding carboxylic acids is 1. The zero-order valence-electron chi connectivity index (χ0n) is 11.3. The second-order valence-electron chi connectivity index (χ2n) is 5.52. The van der Waals surface area contributed by atoms with Gasteiger partial charge in [0.25, 0.3) is 0 Å². The molecule has 0 aromatic carbocycles. The van der Waals surface area contributed by atoms with E-state index < -0.39 is 0 Å². The molecule has 2 rings (SSSR count). The van der Waals surface area contributed by atoms with Crippen molar-refractivity contribution in [2.45, 2.75) is 25.8 Å². The van der Waals surface area contributed by atoms with E-state index in [0.717, 1.165) is 52.1 Å². The molecule has 18 heavy (non-hydrogen) atoms. The summed E-state index contributed by atoms with van der Waals surface area (Å²) in [5.41, 5.74) is 0.